The lowest BCUT2D eigenvalue weighted by Crippen LogP contribution is -2.15. The smallest absolute Gasteiger partial charge is 0.137 e. The van der Waals surface area contributed by atoms with Crippen LogP contribution in [0.3, 0.4) is 0 Å². The second-order valence-corrected chi connectivity index (χ2v) is 9.01. The SMILES string of the molecule is CCCCCCCCOc1ccc(-c2ccc(OCC3CCCCC3)cc2)cc1Cl. The van der Waals surface area contributed by atoms with Crippen molar-refractivity contribution in [2.24, 2.45) is 5.92 Å². The molecule has 3 rings (SSSR count). The summed E-state index contributed by atoms with van der Waals surface area (Å²) in [6.45, 7) is 3.82. The summed E-state index contributed by atoms with van der Waals surface area (Å²) in [6, 6.07) is 14.4. The maximum Gasteiger partial charge on any atom is 0.137 e. The van der Waals surface area contributed by atoms with Crippen molar-refractivity contribution >= 4 is 11.6 Å². The van der Waals surface area contributed by atoms with E-state index in [0.29, 0.717) is 5.02 Å². The lowest BCUT2D eigenvalue weighted by atomic mass is 9.90. The van der Waals surface area contributed by atoms with Crippen LogP contribution in [0.5, 0.6) is 11.5 Å². The van der Waals surface area contributed by atoms with E-state index in [0.717, 1.165) is 48.2 Å². The third-order valence-corrected chi connectivity index (χ3v) is 6.38. The van der Waals surface area contributed by atoms with E-state index in [1.54, 1.807) is 0 Å². The average molecular weight is 429 g/mol. The van der Waals surface area contributed by atoms with Crippen molar-refractivity contribution in [1.29, 1.82) is 0 Å². The van der Waals surface area contributed by atoms with Crippen molar-refractivity contribution in [2.75, 3.05) is 13.2 Å². The topological polar surface area (TPSA) is 18.5 Å². The molecule has 3 heteroatoms. The van der Waals surface area contributed by atoms with Gasteiger partial charge in [-0.3, -0.25) is 0 Å². The van der Waals surface area contributed by atoms with Crippen LogP contribution in [0.15, 0.2) is 42.5 Å². The minimum Gasteiger partial charge on any atom is -0.493 e. The predicted octanol–water partition coefficient (Wildman–Crippen LogP) is 8.71. The van der Waals surface area contributed by atoms with Gasteiger partial charge in [0.15, 0.2) is 0 Å². The molecular formula is C27H37ClO2. The monoisotopic (exact) mass is 428 g/mol. The van der Waals surface area contributed by atoms with Gasteiger partial charge >= 0.3 is 0 Å². The zero-order valence-electron chi connectivity index (χ0n) is 18.5. The molecule has 164 valence electrons. The number of hydrogen-bond donors (Lipinski definition) is 0. The summed E-state index contributed by atoms with van der Waals surface area (Å²) in [5, 5.41) is 0.677. The Morgan fingerprint density at radius 3 is 2.23 bits per heavy atom. The molecule has 0 aliphatic heterocycles. The number of rotatable bonds is 12. The molecule has 0 spiro atoms. The molecule has 0 bridgehead atoms. The maximum atomic E-state index is 6.48. The van der Waals surface area contributed by atoms with Crippen LogP contribution in [0.4, 0.5) is 0 Å². The lowest BCUT2D eigenvalue weighted by molar-refractivity contribution is 0.209. The van der Waals surface area contributed by atoms with Gasteiger partial charge in [0.1, 0.15) is 11.5 Å². The van der Waals surface area contributed by atoms with Crippen LogP contribution in [0, 0.1) is 5.92 Å². The molecule has 0 saturated heterocycles. The lowest BCUT2D eigenvalue weighted by Gasteiger charge is -2.21. The van der Waals surface area contributed by atoms with Gasteiger partial charge in [0.2, 0.25) is 0 Å². The summed E-state index contributed by atoms with van der Waals surface area (Å²) >= 11 is 6.48. The number of halogens is 1. The highest BCUT2D eigenvalue weighted by Gasteiger charge is 2.14. The molecule has 30 heavy (non-hydrogen) atoms. The summed E-state index contributed by atoms with van der Waals surface area (Å²) in [7, 11) is 0. The van der Waals surface area contributed by atoms with Crippen LogP contribution >= 0.6 is 11.6 Å². The molecule has 0 amide bonds. The second kappa shape index (κ2) is 12.9. The number of ether oxygens (including phenoxy) is 2. The minimum atomic E-state index is 0.677. The van der Waals surface area contributed by atoms with Crippen LogP contribution in [-0.4, -0.2) is 13.2 Å². The van der Waals surface area contributed by atoms with Crippen LogP contribution in [0.25, 0.3) is 11.1 Å². The third-order valence-electron chi connectivity index (χ3n) is 6.09. The van der Waals surface area contributed by atoms with Gasteiger partial charge in [-0.2, -0.15) is 0 Å². The molecule has 1 saturated carbocycles. The summed E-state index contributed by atoms with van der Waals surface area (Å²) in [5.41, 5.74) is 2.25. The van der Waals surface area contributed by atoms with Gasteiger partial charge in [-0.1, -0.05) is 88.1 Å². The largest absolute Gasteiger partial charge is 0.493 e. The Labute approximate surface area is 187 Å². The Morgan fingerprint density at radius 2 is 1.50 bits per heavy atom. The first-order chi connectivity index (χ1) is 14.8. The minimum absolute atomic E-state index is 0.677. The van der Waals surface area contributed by atoms with E-state index in [2.05, 4.69) is 37.3 Å². The number of hydrogen-bond acceptors (Lipinski definition) is 2. The Morgan fingerprint density at radius 1 is 0.800 bits per heavy atom. The van der Waals surface area contributed by atoms with Crippen LogP contribution < -0.4 is 9.47 Å². The van der Waals surface area contributed by atoms with E-state index < -0.39 is 0 Å². The molecule has 1 fully saturated rings. The molecule has 0 aromatic heterocycles. The molecule has 1 aliphatic rings. The molecule has 2 nitrogen and oxygen atoms in total. The van der Waals surface area contributed by atoms with Gasteiger partial charge in [-0.25, -0.2) is 0 Å². The van der Waals surface area contributed by atoms with Crippen LogP contribution in [-0.2, 0) is 0 Å². The zero-order valence-corrected chi connectivity index (χ0v) is 19.3. The fourth-order valence-electron chi connectivity index (χ4n) is 4.17. The quantitative estimate of drug-likeness (QED) is 0.314. The van der Waals surface area contributed by atoms with Gasteiger partial charge in [0, 0.05) is 0 Å². The molecular weight excluding hydrogens is 392 g/mol. The molecule has 1 aliphatic carbocycles. The summed E-state index contributed by atoms with van der Waals surface area (Å²) in [5.74, 6) is 2.46. The zero-order chi connectivity index (χ0) is 21.0. The van der Waals surface area contributed by atoms with Gasteiger partial charge in [-0.15, -0.1) is 0 Å². The molecule has 0 unspecified atom stereocenters. The average Bonchev–Trinajstić information content (AvgIpc) is 2.79. The predicted molar refractivity (Wildman–Crippen MR) is 128 cm³/mol. The fraction of sp³-hybridized carbons (Fsp3) is 0.556. The summed E-state index contributed by atoms with van der Waals surface area (Å²) in [6.07, 6.45) is 14.3. The Bertz CT molecular complexity index is 735. The van der Waals surface area contributed by atoms with Gasteiger partial charge in [0.05, 0.1) is 18.2 Å². The van der Waals surface area contributed by atoms with Crippen LogP contribution in [0.1, 0.15) is 77.6 Å². The van der Waals surface area contributed by atoms with Gasteiger partial charge in [0.25, 0.3) is 0 Å². The third kappa shape index (κ3) is 7.54. The molecule has 0 N–H and O–H groups in total. The highest BCUT2D eigenvalue weighted by Crippen LogP contribution is 2.32. The van der Waals surface area contributed by atoms with E-state index >= 15 is 0 Å². The van der Waals surface area contributed by atoms with Crippen molar-refractivity contribution in [3.05, 3.63) is 47.5 Å². The normalized spacial score (nSPS) is 14.6. The maximum absolute atomic E-state index is 6.48. The van der Waals surface area contributed by atoms with Crippen LogP contribution in [0.2, 0.25) is 5.02 Å². The highest BCUT2D eigenvalue weighted by atomic mass is 35.5. The molecule has 0 heterocycles. The Hall–Kier alpha value is -1.67. The number of unbranched alkanes of at least 4 members (excludes halogenated alkanes) is 5. The van der Waals surface area contributed by atoms with Crippen molar-refractivity contribution in [3.63, 3.8) is 0 Å². The Balaban J connectivity index is 1.45. The van der Waals surface area contributed by atoms with Crippen molar-refractivity contribution in [2.45, 2.75) is 77.6 Å². The first-order valence-corrected chi connectivity index (χ1v) is 12.3. The number of benzene rings is 2. The summed E-state index contributed by atoms with van der Waals surface area (Å²) in [4.78, 5) is 0. The van der Waals surface area contributed by atoms with Gasteiger partial charge < -0.3 is 9.47 Å². The van der Waals surface area contributed by atoms with E-state index in [9.17, 15) is 0 Å². The van der Waals surface area contributed by atoms with Crippen molar-refractivity contribution in [1.82, 2.24) is 0 Å². The highest BCUT2D eigenvalue weighted by molar-refractivity contribution is 6.32. The first kappa shape index (κ1) is 23.0. The van der Waals surface area contributed by atoms with E-state index in [4.69, 9.17) is 21.1 Å². The molecule has 2 aromatic carbocycles. The standard InChI is InChI=1S/C27H37ClO2/c1-2-3-4-5-6-10-19-29-27-18-15-24(20-26(27)28)23-13-16-25(17-14-23)30-21-22-11-8-7-9-12-22/h13-18,20,22H,2-12,19,21H2,1H3. The first-order valence-electron chi connectivity index (χ1n) is 11.9. The van der Waals surface area contributed by atoms with Crippen molar-refractivity contribution < 1.29 is 9.47 Å². The van der Waals surface area contributed by atoms with Gasteiger partial charge in [-0.05, 0) is 60.6 Å². The van der Waals surface area contributed by atoms with Crippen molar-refractivity contribution in [3.8, 4) is 22.6 Å². The molecule has 0 radical (unpaired) electrons. The second-order valence-electron chi connectivity index (χ2n) is 8.60. The molecule has 2 aromatic rings. The van der Waals surface area contributed by atoms with E-state index in [1.165, 1.54) is 64.2 Å². The fourth-order valence-corrected chi connectivity index (χ4v) is 4.41. The van der Waals surface area contributed by atoms with E-state index in [-0.39, 0.29) is 0 Å². The molecule has 0 atom stereocenters. The van der Waals surface area contributed by atoms with E-state index in [1.807, 2.05) is 12.1 Å². The Kier molecular flexibility index (Phi) is 9.89. The summed E-state index contributed by atoms with van der Waals surface area (Å²) < 4.78 is 11.9.